The molecule has 0 N–H and O–H groups in total. The molecule has 3 heteroatoms. The second kappa shape index (κ2) is 3.85. The van der Waals surface area contributed by atoms with Crippen molar-refractivity contribution >= 4 is 16.7 Å². The third-order valence-electron chi connectivity index (χ3n) is 2.51. The summed E-state index contributed by atoms with van der Waals surface area (Å²) in [5, 5.41) is 1.13. The fraction of sp³-hybridized carbons (Fsp3) is 0.333. The van der Waals surface area contributed by atoms with Crippen molar-refractivity contribution in [1.82, 2.24) is 9.97 Å². The standard InChI is InChI=1S/C12H15N3/c1-4-9-5-6-11-10(7-9)12(15(2)3)14-8-13-11/h5-8H,4H2,1-3H3. The Morgan fingerprint density at radius 2 is 2.00 bits per heavy atom. The van der Waals surface area contributed by atoms with Crippen LogP contribution in [0.25, 0.3) is 10.9 Å². The van der Waals surface area contributed by atoms with E-state index in [9.17, 15) is 0 Å². The highest BCUT2D eigenvalue weighted by molar-refractivity contribution is 5.89. The molecule has 15 heavy (non-hydrogen) atoms. The molecular formula is C12H15N3. The fourth-order valence-electron chi connectivity index (χ4n) is 1.67. The zero-order valence-electron chi connectivity index (χ0n) is 9.36. The fourth-order valence-corrected chi connectivity index (χ4v) is 1.67. The van der Waals surface area contributed by atoms with Crippen molar-refractivity contribution < 1.29 is 0 Å². The van der Waals surface area contributed by atoms with E-state index in [1.54, 1.807) is 6.33 Å². The Bertz CT molecular complexity index is 477. The van der Waals surface area contributed by atoms with Gasteiger partial charge in [-0.3, -0.25) is 0 Å². The molecule has 2 aromatic rings. The molecule has 0 aliphatic rings. The Kier molecular flexibility index (Phi) is 2.54. The van der Waals surface area contributed by atoms with Crippen LogP contribution in [0, 0.1) is 0 Å². The molecule has 0 spiro atoms. The van der Waals surface area contributed by atoms with E-state index in [0.717, 1.165) is 23.1 Å². The highest BCUT2D eigenvalue weighted by Gasteiger charge is 2.05. The Balaban J connectivity index is 2.70. The molecule has 0 saturated heterocycles. The van der Waals surface area contributed by atoms with Gasteiger partial charge in [0, 0.05) is 19.5 Å². The first-order valence-corrected chi connectivity index (χ1v) is 5.13. The summed E-state index contributed by atoms with van der Waals surface area (Å²) < 4.78 is 0. The summed E-state index contributed by atoms with van der Waals surface area (Å²) in [6.45, 7) is 2.15. The smallest absolute Gasteiger partial charge is 0.139 e. The van der Waals surface area contributed by atoms with Crippen molar-refractivity contribution in [3.8, 4) is 0 Å². The molecule has 0 saturated carbocycles. The van der Waals surface area contributed by atoms with Crippen molar-refractivity contribution in [3.05, 3.63) is 30.1 Å². The van der Waals surface area contributed by atoms with Crippen LogP contribution in [0.5, 0.6) is 0 Å². The minimum atomic E-state index is 0.982. The minimum Gasteiger partial charge on any atom is -0.362 e. The molecule has 0 amide bonds. The number of hydrogen-bond acceptors (Lipinski definition) is 3. The third-order valence-corrected chi connectivity index (χ3v) is 2.51. The summed E-state index contributed by atoms with van der Waals surface area (Å²) in [7, 11) is 4.00. The number of nitrogens with zero attached hydrogens (tertiary/aromatic N) is 3. The summed E-state index contributed by atoms with van der Waals surface area (Å²) in [4.78, 5) is 10.6. The summed E-state index contributed by atoms with van der Waals surface area (Å²) in [6, 6.07) is 6.35. The quantitative estimate of drug-likeness (QED) is 0.746. The minimum absolute atomic E-state index is 0.982. The maximum Gasteiger partial charge on any atom is 0.139 e. The van der Waals surface area contributed by atoms with Crippen molar-refractivity contribution in [1.29, 1.82) is 0 Å². The van der Waals surface area contributed by atoms with Gasteiger partial charge in [-0.05, 0) is 24.1 Å². The predicted molar refractivity (Wildman–Crippen MR) is 63.2 cm³/mol. The summed E-state index contributed by atoms with van der Waals surface area (Å²) in [6.07, 6.45) is 2.65. The number of aryl methyl sites for hydroxylation is 1. The van der Waals surface area contributed by atoms with Gasteiger partial charge < -0.3 is 4.90 Å². The van der Waals surface area contributed by atoms with E-state index < -0.39 is 0 Å². The summed E-state index contributed by atoms with van der Waals surface area (Å²) in [5.41, 5.74) is 2.33. The van der Waals surface area contributed by atoms with E-state index in [0.29, 0.717) is 0 Å². The molecule has 2 rings (SSSR count). The molecule has 1 aromatic heterocycles. The predicted octanol–water partition coefficient (Wildman–Crippen LogP) is 2.26. The van der Waals surface area contributed by atoms with Crippen molar-refractivity contribution in [2.75, 3.05) is 19.0 Å². The van der Waals surface area contributed by atoms with Crippen LogP contribution >= 0.6 is 0 Å². The molecule has 0 aliphatic carbocycles. The Labute approximate surface area is 89.8 Å². The van der Waals surface area contributed by atoms with Gasteiger partial charge in [0.15, 0.2) is 0 Å². The van der Waals surface area contributed by atoms with E-state index in [1.165, 1.54) is 5.56 Å². The molecule has 0 fully saturated rings. The maximum absolute atomic E-state index is 4.30. The zero-order valence-corrected chi connectivity index (χ0v) is 9.36. The lowest BCUT2D eigenvalue weighted by Crippen LogP contribution is -2.11. The van der Waals surface area contributed by atoms with Gasteiger partial charge in [-0.1, -0.05) is 13.0 Å². The number of anilines is 1. The van der Waals surface area contributed by atoms with E-state index in [1.807, 2.05) is 19.0 Å². The van der Waals surface area contributed by atoms with Gasteiger partial charge >= 0.3 is 0 Å². The third kappa shape index (κ3) is 1.77. The highest BCUT2D eigenvalue weighted by atomic mass is 15.1. The Hall–Kier alpha value is -1.64. The van der Waals surface area contributed by atoms with Crippen molar-refractivity contribution in [2.24, 2.45) is 0 Å². The molecule has 0 radical (unpaired) electrons. The lowest BCUT2D eigenvalue weighted by molar-refractivity contribution is 1.06. The van der Waals surface area contributed by atoms with E-state index in [2.05, 4.69) is 35.1 Å². The monoisotopic (exact) mass is 201 g/mol. The average Bonchev–Trinajstić information content (AvgIpc) is 2.27. The van der Waals surface area contributed by atoms with Crippen LogP contribution in [0.1, 0.15) is 12.5 Å². The van der Waals surface area contributed by atoms with E-state index >= 15 is 0 Å². The number of fused-ring (bicyclic) bond motifs is 1. The van der Waals surface area contributed by atoms with Crippen LogP contribution in [-0.4, -0.2) is 24.1 Å². The van der Waals surface area contributed by atoms with E-state index in [-0.39, 0.29) is 0 Å². The number of hydrogen-bond donors (Lipinski definition) is 0. The lowest BCUT2D eigenvalue weighted by atomic mass is 10.1. The largest absolute Gasteiger partial charge is 0.362 e. The van der Waals surface area contributed by atoms with Crippen molar-refractivity contribution in [2.45, 2.75) is 13.3 Å². The first kappa shape index (κ1) is 9.90. The molecule has 0 atom stereocenters. The second-order valence-electron chi connectivity index (χ2n) is 3.80. The van der Waals surface area contributed by atoms with Crippen LogP contribution in [0.4, 0.5) is 5.82 Å². The molecule has 3 nitrogen and oxygen atoms in total. The molecule has 78 valence electrons. The normalized spacial score (nSPS) is 10.6. The number of benzene rings is 1. The van der Waals surface area contributed by atoms with Gasteiger partial charge in [0.2, 0.25) is 0 Å². The van der Waals surface area contributed by atoms with Crippen LogP contribution in [0.15, 0.2) is 24.5 Å². The second-order valence-corrected chi connectivity index (χ2v) is 3.80. The highest BCUT2D eigenvalue weighted by Crippen LogP contribution is 2.22. The van der Waals surface area contributed by atoms with Crippen LogP contribution in [0.3, 0.4) is 0 Å². The number of aromatic nitrogens is 2. The molecule has 0 aliphatic heterocycles. The first-order valence-electron chi connectivity index (χ1n) is 5.13. The molecule has 1 heterocycles. The Morgan fingerprint density at radius 3 is 2.67 bits per heavy atom. The SMILES string of the molecule is CCc1ccc2ncnc(N(C)C)c2c1. The molecule has 0 bridgehead atoms. The van der Waals surface area contributed by atoms with Crippen LogP contribution < -0.4 is 4.90 Å². The van der Waals surface area contributed by atoms with Gasteiger partial charge in [0.1, 0.15) is 12.1 Å². The maximum atomic E-state index is 4.30. The summed E-state index contributed by atoms with van der Waals surface area (Å²) >= 11 is 0. The van der Waals surface area contributed by atoms with Gasteiger partial charge in [0.05, 0.1) is 5.52 Å². The number of rotatable bonds is 2. The molecule has 1 aromatic carbocycles. The lowest BCUT2D eigenvalue weighted by Gasteiger charge is -2.13. The average molecular weight is 201 g/mol. The molecular weight excluding hydrogens is 186 g/mol. The Morgan fingerprint density at radius 1 is 1.20 bits per heavy atom. The van der Waals surface area contributed by atoms with Gasteiger partial charge in [-0.15, -0.1) is 0 Å². The van der Waals surface area contributed by atoms with E-state index in [4.69, 9.17) is 0 Å². The van der Waals surface area contributed by atoms with Gasteiger partial charge in [-0.2, -0.15) is 0 Å². The van der Waals surface area contributed by atoms with Gasteiger partial charge in [0.25, 0.3) is 0 Å². The van der Waals surface area contributed by atoms with Gasteiger partial charge in [-0.25, -0.2) is 9.97 Å². The zero-order chi connectivity index (χ0) is 10.8. The van der Waals surface area contributed by atoms with Crippen LogP contribution in [0.2, 0.25) is 0 Å². The van der Waals surface area contributed by atoms with Crippen molar-refractivity contribution in [3.63, 3.8) is 0 Å². The summed E-state index contributed by atoms with van der Waals surface area (Å²) in [5.74, 6) is 0.982. The van der Waals surface area contributed by atoms with Crippen LogP contribution in [-0.2, 0) is 6.42 Å². The molecule has 0 unspecified atom stereocenters. The first-order chi connectivity index (χ1) is 7.22. The topological polar surface area (TPSA) is 29.0 Å².